The van der Waals surface area contributed by atoms with E-state index in [1.54, 1.807) is 0 Å². The molecule has 1 aliphatic heterocycles. The average molecular weight is 279 g/mol. The maximum Gasteiger partial charge on any atom is 0.148 e. The van der Waals surface area contributed by atoms with Gasteiger partial charge in [-0.3, -0.25) is 0 Å². The van der Waals surface area contributed by atoms with Crippen LogP contribution < -0.4 is 16.6 Å². The highest BCUT2D eigenvalue weighted by molar-refractivity contribution is 5.58. The van der Waals surface area contributed by atoms with Crippen molar-refractivity contribution in [1.82, 2.24) is 9.97 Å². The average Bonchev–Trinajstić information content (AvgIpc) is 2.73. The molecule has 1 aromatic rings. The fraction of sp³-hybridized carbons (Fsp3) is 0.714. The van der Waals surface area contributed by atoms with E-state index >= 15 is 0 Å². The van der Waals surface area contributed by atoms with Crippen molar-refractivity contribution < 1.29 is 4.74 Å². The second-order valence-corrected chi connectivity index (χ2v) is 5.66. The van der Waals surface area contributed by atoms with Crippen LogP contribution in [0.15, 0.2) is 0 Å². The summed E-state index contributed by atoms with van der Waals surface area (Å²) in [6.45, 7) is 9.11. The summed E-state index contributed by atoms with van der Waals surface area (Å²) in [4.78, 5) is 9.08. The topological polar surface area (TPSA) is 85.1 Å². The Morgan fingerprint density at radius 1 is 1.40 bits per heavy atom. The number of anilines is 2. The number of hydrogen-bond acceptors (Lipinski definition) is 6. The fourth-order valence-corrected chi connectivity index (χ4v) is 2.43. The Bertz CT molecular complexity index is 479. The van der Waals surface area contributed by atoms with Crippen LogP contribution in [0.2, 0.25) is 0 Å². The number of nitrogens with two attached hydrogens (primary N) is 1. The lowest BCUT2D eigenvalue weighted by molar-refractivity contribution is 0.105. The Morgan fingerprint density at radius 3 is 2.65 bits per heavy atom. The van der Waals surface area contributed by atoms with Crippen molar-refractivity contribution in [2.75, 3.05) is 17.3 Å². The molecule has 6 heteroatoms. The molecule has 1 aromatic heterocycles. The number of nitrogen functional groups attached to an aromatic ring is 1. The SMILES string of the molecule is CCCc1nc(NN)c(C)c(NC2(C)CCOC2C)n1. The highest BCUT2D eigenvalue weighted by atomic mass is 16.5. The van der Waals surface area contributed by atoms with Crippen molar-refractivity contribution in [3.8, 4) is 0 Å². The minimum atomic E-state index is -0.103. The number of hydrogen-bond donors (Lipinski definition) is 3. The van der Waals surface area contributed by atoms with Crippen LogP contribution in [0.5, 0.6) is 0 Å². The van der Waals surface area contributed by atoms with Gasteiger partial charge in [0.15, 0.2) is 0 Å². The van der Waals surface area contributed by atoms with E-state index in [2.05, 4.69) is 41.5 Å². The van der Waals surface area contributed by atoms with Gasteiger partial charge in [-0.05, 0) is 33.6 Å². The largest absolute Gasteiger partial charge is 0.376 e. The lowest BCUT2D eigenvalue weighted by Gasteiger charge is -2.30. The van der Waals surface area contributed by atoms with Gasteiger partial charge < -0.3 is 15.5 Å². The Hall–Kier alpha value is -1.40. The molecule has 0 saturated carbocycles. The first-order valence-electron chi connectivity index (χ1n) is 7.24. The number of aryl methyl sites for hydroxylation is 1. The summed E-state index contributed by atoms with van der Waals surface area (Å²) in [5, 5.41) is 3.54. The molecule has 0 spiro atoms. The first kappa shape index (κ1) is 15.0. The zero-order valence-corrected chi connectivity index (χ0v) is 12.8. The monoisotopic (exact) mass is 279 g/mol. The second kappa shape index (κ2) is 5.93. The predicted octanol–water partition coefficient (Wildman–Crippen LogP) is 2.00. The lowest BCUT2D eigenvalue weighted by Crippen LogP contribution is -2.41. The molecule has 1 saturated heterocycles. The van der Waals surface area contributed by atoms with Crippen molar-refractivity contribution in [2.24, 2.45) is 5.84 Å². The van der Waals surface area contributed by atoms with E-state index in [1.807, 2.05) is 6.92 Å². The Kier molecular flexibility index (Phi) is 4.45. The van der Waals surface area contributed by atoms with E-state index in [4.69, 9.17) is 10.6 Å². The van der Waals surface area contributed by atoms with Gasteiger partial charge in [0.2, 0.25) is 0 Å². The molecule has 2 atom stereocenters. The first-order valence-corrected chi connectivity index (χ1v) is 7.24. The molecule has 1 aliphatic rings. The highest BCUT2D eigenvalue weighted by Gasteiger charge is 2.37. The fourth-order valence-electron chi connectivity index (χ4n) is 2.43. The predicted molar refractivity (Wildman–Crippen MR) is 80.6 cm³/mol. The van der Waals surface area contributed by atoms with E-state index < -0.39 is 0 Å². The van der Waals surface area contributed by atoms with Gasteiger partial charge >= 0.3 is 0 Å². The van der Waals surface area contributed by atoms with Crippen molar-refractivity contribution in [2.45, 2.75) is 58.6 Å². The highest BCUT2D eigenvalue weighted by Crippen LogP contribution is 2.31. The summed E-state index contributed by atoms with van der Waals surface area (Å²) < 4.78 is 5.67. The third-order valence-corrected chi connectivity index (χ3v) is 4.09. The van der Waals surface area contributed by atoms with E-state index in [0.717, 1.165) is 43.1 Å². The number of rotatable bonds is 5. The maximum atomic E-state index is 5.67. The molecule has 2 heterocycles. The molecule has 4 N–H and O–H groups in total. The minimum absolute atomic E-state index is 0.103. The van der Waals surface area contributed by atoms with Gasteiger partial charge in [-0.25, -0.2) is 15.8 Å². The quantitative estimate of drug-likeness (QED) is 0.564. The van der Waals surface area contributed by atoms with Gasteiger partial charge in [-0.1, -0.05) is 6.92 Å². The molecule has 0 amide bonds. The minimum Gasteiger partial charge on any atom is -0.376 e. The summed E-state index contributed by atoms with van der Waals surface area (Å²) >= 11 is 0. The summed E-state index contributed by atoms with van der Waals surface area (Å²) in [7, 11) is 0. The Morgan fingerprint density at radius 2 is 2.10 bits per heavy atom. The molecular weight excluding hydrogens is 254 g/mol. The molecule has 0 bridgehead atoms. The molecule has 0 radical (unpaired) electrons. The molecule has 6 nitrogen and oxygen atoms in total. The Labute approximate surface area is 120 Å². The standard InChI is InChI=1S/C14H25N5O/c1-5-6-11-16-12(9(2)13(17-11)19-15)18-14(4)7-8-20-10(14)3/h10H,5-8,15H2,1-4H3,(H2,16,17,18,19). The van der Waals surface area contributed by atoms with Crippen molar-refractivity contribution in [1.29, 1.82) is 0 Å². The van der Waals surface area contributed by atoms with Gasteiger partial charge in [0.25, 0.3) is 0 Å². The van der Waals surface area contributed by atoms with E-state index in [1.165, 1.54) is 0 Å². The van der Waals surface area contributed by atoms with Gasteiger partial charge in [0, 0.05) is 18.6 Å². The Balaban J connectivity index is 2.32. The van der Waals surface area contributed by atoms with Crippen LogP contribution in [0, 0.1) is 6.92 Å². The number of ether oxygens (including phenoxy) is 1. The number of nitrogens with one attached hydrogen (secondary N) is 2. The zero-order chi connectivity index (χ0) is 14.8. The first-order chi connectivity index (χ1) is 9.50. The molecule has 1 fully saturated rings. The summed E-state index contributed by atoms with van der Waals surface area (Å²) in [5.41, 5.74) is 3.50. The molecule has 0 aliphatic carbocycles. The van der Waals surface area contributed by atoms with Gasteiger partial charge in [-0.15, -0.1) is 0 Å². The van der Waals surface area contributed by atoms with Crippen LogP contribution in [0.1, 0.15) is 45.0 Å². The van der Waals surface area contributed by atoms with E-state index in [9.17, 15) is 0 Å². The molecule has 2 rings (SSSR count). The molecule has 20 heavy (non-hydrogen) atoms. The van der Waals surface area contributed by atoms with E-state index in [0.29, 0.717) is 5.82 Å². The van der Waals surface area contributed by atoms with Crippen LogP contribution in [-0.2, 0) is 11.2 Å². The number of nitrogens with zero attached hydrogens (tertiary/aromatic N) is 2. The van der Waals surface area contributed by atoms with Crippen molar-refractivity contribution in [3.63, 3.8) is 0 Å². The van der Waals surface area contributed by atoms with Gasteiger partial charge in [-0.2, -0.15) is 0 Å². The van der Waals surface area contributed by atoms with Gasteiger partial charge in [0.05, 0.1) is 11.6 Å². The van der Waals surface area contributed by atoms with Crippen LogP contribution in [-0.4, -0.2) is 28.2 Å². The van der Waals surface area contributed by atoms with Crippen LogP contribution >= 0.6 is 0 Å². The smallest absolute Gasteiger partial charge is 0.148 e. The normalized spacial score (nSPS) is 25.8. The zero-order valence-electron chi connectivity index (χ0n) is 12.8. The molecule has 2 unspecified atom stereocenters. The van der Waals surface area contributed by atoms with Crippen LogP contribution in [0.4, 0.5) is 11.6 Å². The van der Waals surface area contributed by atoms with Crippen molar-refractivity contribution in [3.05, 3.63) is 11.4 Å². The number of hydrazine groups is 1. The third kappa shape index (κ3) is 2.86. The molecular formula is C14H25N5O. The summed E-state index contributed by atoms with van der Waals surface area (Å²) in [6.07, 6.45) is 2.96. The van der Waals surface area contributed by atoms with Crippen molar-refractivity contribution >= 4 is 11.6 Å². The van der Waals surface area contributed by atoms with Crippen LogP contribution in [0.3, 0.4) is 0 Å². The third-order valence-electron chi connectivity index (χ3n) is 4.09. The maximum absolute atomic E-state index is 5.67. The summed E-state index contributed by atoms with van der Waals surface area (Å²) in [5.74, 6) is 7.89. The summed E-state index contributed by atoms with van der Waals surface area (Å²) in [6, 6.07) is 0. The molecule has 0 aromatic carbocycles. The van der Waals surface area contributed by atoms with Gasteiger partial charge in [0.1, 0.15) is 17.5 Å². The second-order valence-electron chi connectivity index (χ2n) is 5.66. The lowest BCUT2D eigenvalue weighted by atomic mass is 9.94. The number of aromatic nitrogens is 2. The van der Waals surface area contributed by atoms with E-state index in [-0.39, 0.29) is 11.6 Å². The van der Waals surface area contributed by atoms with Crippen LogP contribution in [0.25, 0.3) is 0 Å². The molecule has 112 valence electrons.